The van der Waals surface area contributed by atoms with Crippen molar-refractivity contribution >= 4 is 42.7 Å². The number of thiazole rings is 1. The minimum atomic E-state index is -3.59. The van der Waals surface area contributed by atoms with Crippen LogP contribution in [0.15, 0.2) is 29.6 Å². The van der Waals surface area contributed by atoms with E-state index in [2.05, 4.69) is 4.98 Å². The van der Waals surface area contributed by atoms with E-state index in [0.717, 1.165) is 22.0 Å². The van der Waals surface area contributed by atoms with Gasteiger partial charge < -0.3 is 4.90 Å². The zero-order chi connectivity index (χ0) is 16.6. The Hall–Kier alpha value is -1.44. The van der Waals surface area contributed by atoms with E-state index in [-0.39, 0.29) is 24.0 Å². The highest BCUT2D eigenvalue weighted by atomic mass is 35.7. The highest BCUT2D eigenvalue weighted by Crippen LogP contribution is 2.29. The van der Waals surface area contributed by atoms with Gasteiger partial charge in [0.1, 0.15) is 0 Å². The highest BCUT2D eigenvalue weighted by Gasteiger charge is 2.33. The first kappa shape index (κ1) is 16.4. The highest BCUT2D eigenvalue weighted by molar-refractivity contribution is 8.13. The Balaban J connectivity index is 1.76. The van der Waals surface area contributed by atoms with Crippen LogP contribution >= 0.6 is 22.0 Å². The number of rotatable bonds is 4. The van der Waals surface area contributed by atoms with Crippen LogP contribution in [0.1, 0.15) is 11.4 Å². The van der Waals surface area contributed by atoms with Crippen molar-refractivity contribution in [2.75, 3.05) is 17.2 Å². The molecular formula is C15H15ClN2O3S2. The van der Waals surface area contributed by atoms with Gasteiger partial charge in [-0.1, -0.05) is 12.1 Å². The van der Waals surface area contributed by atoms with E-state index in [9.17, 15) is 13.2 Å². The minimum absolute atomic E-state index is 0.0763. The molecule has 3 rings (SSSR count). The molecule has 1 atom stereocenters. The monoisotopic (exact) mass is 370 g/mol. The molecule has 1 aliphatic rings. The van der Waals surface area contributed by atoms with Crippen molar-refractivity contribution in [1.82, 2.24) is 4.98 Å². The first-order chi connectivity index (χ1) is 10.8. The third-order valence-electron chi connectivity index (χ3n) is 3.73. The molecule has 1 saturated heterocycles. The number of nitrogens with zero attached hydrogens (tertiary/aromatic N) is 2. The molecule has 0 bridgehead atoms. The number of carbonyl (C=O) groups excluding carboxylic acids is 1. The van der Waals surface area contributed by atoms with Crippen LogP contribution in [0, 0.1) is 12.8 Å². The van der Waals surface area contributed by atoms with E-state index >= 15 is 0 Å². The van der Waals surface area contributed by atoms with Gasteiger partial charge in [-0.2, -0.15) is 0 Å². The van der Waals surface area contributed by atoms with Crippen molar-refractivity contribution in [3.8, 4) is 11.3 Å². The van der Waals surface area contributed by atoms with E-state index in [1.807, 2.05) is 36.6 Å². The maximum absolute atomic E-state index is 12.1. The third kappa shape index (κ3) is 3.91. The van der Waals surface area contributed by atoms with Gasteiger partial charge in [0, 0.05) is 46.2 Å². The number of aryl methyl sites for hydroxylation is 1. The molecule has 122 valence electrons. The third-order valence-corrected chi connectivity index (χ3v) is 5.75. The summed E-state index contributed by atoms with van der Waals surface area (Å²) in [5, 5.41) is 3.00. The second-order valence-corrected chi connectivity index (χ2v) is 9.46. The van der Waals surface area contributed by atoms with Crippen LogP contribution in [0.2, 0.25) is 0 Å². The number of anilines is 1. The maximum Gasteiger partial charge on any atom is 0.232 e. The van der Waals surface area contributed by atoms with Crippen LogP contribution < -0.4 is 4.90 Å². The lowest BCUT2D eigenvalue weighted by atomic mass is 10.1. The van der Waals surface area contributed by atoms with Gasteiger partial charge in [-0.25, -0.2) is 13.4 Å². The van der Waals surface area contributed by atoms with Crippen molar-refractivity contribution < 1.29 is 13.2 Å². The van der Waals surface area contributed by atoms with Crippen molar-refractivity contribution in [1.29, 1.82) is 0 Å². The lowest BCUT2D eigenvalue weighted by molar-refractivity contribution is -0.117. The lowest BCUT2D eigenvalue weighted by Crippen LogP contribution is -2.25. The Bertz CT molecular complexity index is 831. The number of hydrogen-bond acceptors (Lipinski definition) is 5. The average Bonchev–Trinajstić information content (AvgIpc) is 3.03. The zero-order valence-electron chi connectivity index (χ0n) is 12.4. The predicted molar refractivity (Wildman–Crippen MR) is 92.4 cm³/mol. The summed E-state index contributed by atoms with van der Waals surface area (Å²) in [6, 6.07) is 7.56. The molecule has 0 radical (unpaired) electrons. The van der Waals surface area contributed by atoms with Crippen molar-refractivity contribution in [3.05, 3.63) is 34.7 Å². The van der Waals surface area contributed by atoms with Crippen molar-refractivity contribution in [3.63, 3.8) is 0 Å². The maximum atomic E-state index is 12.1. The van der Waals surface area contributed by atoms with Gasteiger partial charge in [0.15, 0.2) is 0 Å². The number of amides is 1. The molecule has 0 spiro atoms. The van der Waals surface area contributed by atoms with Gasteiger partial charge in [0.2, 0.25) is 15.0 Å². The van der Waals surface area contributed by atoms with E-state index in [4.69, 9.17) is 10.7 Å². The summed E-state index contributed by atoms with van der Waals surface area (Å²) >= 11 is 1.59. The number of aromatic nitrogens is 1. The largest absolute Gasteiger partial charge is 0.312 e. The molecule has 2 heterocycles. The van der Waals surface area contributed by atoms with E-state index in [0.29, 0.717) is 6.54 Å². The predicted octanol–water partition coefficient (Wildman–Crippen LogP) is 3.04. The molecule has 2 aromatic rings. The van der Waals surface area contributed by atoms with Crippen molar-refractivity contribution in [2.24, 2.45) is 5.92 Å². The van der Waals surface area contributed by atoms with Gasteiger partial charge in [-0.3, -0.25) is 4.79 Å². The van der Waals surface area contributed by atoms with Gasteiger partial charge in [0.05, 0.1) is 16.5 Å². The Morgan fingerprint density at radius 2 is 2.04 bits per heavy atom. The normalized spacial score (nSPS) is 18.6. The Morgan fingerprint density at radius 1 is 1.35 bits per heavy atom. The fraction of sp³-hybridized carbons (Fsp3) is 0.333. The average molecular weight is 371 g/mol. The molecule has 8 heteroatoms. The van der Waals surface area contributed by atoms with E-state index < -0.39 is 9.05 Å². The summed E-state index contributed by atoms with van der Waals surface area (Å²) in [6.07, 6.45) is 0.207. The van der Waals surface area contributed by atoms with Crippen LogP contribution in [-0.4, -0.2) is 31.6 Å². The second kappa shape index (κ2) is 6.22. The molecule has 23 heavy (non-hydrogen) atoms. The van der Waals surface area contributed by atoms with E-state index in [1.165, 1.54) is 0 Å². The van der Waals surface area contributed by atoms with Crippen LogP contribution in [-0.2, 0) is 13.8 Å². The van der Waals surface area contributed by atoms with Crippen LogP contribution in [0.4, 0.5) is 5.69 Å². The van der Waals surface area contributed by atoms with Crippen LogP contribution in [0.5, 0.6) is 0 Å². The molecule has 1 fully saturated rings. The summed E-state index contributed by atoms with van der Waals surface area (Å²) in [6.45, 7) is 2.33. The minimum Gasteiger partial charge on any atom is -0.312 e. The lowest BCUT2D eigenvalue weighted by Gasteiger charge is -2.16. The van der Waals surface area contributed by atoms with Gasteiger partial charge in [-0.15, -0.1) is 11.3 Å². The fourth-order valence-corrected chi connectivity index (χ4v) is 4.68. The number of halogens is 1. The second-order valence-electron chi connectivity index (χ2n) is 5.58. The number of hydrogen-bond donors (Lipinski definition) is 0. The quantitative estimate of drug-likeness (QED) is 0.776. The standard InChI is InChI=1S/C15H15ClN2O3S2/c1-10-17-14(8-22-10)12-2-4-13(5-3-12)18-7-11(6-15(18)19)9-23(16,20)21/h2-5,8,11H,6-7,9H2,1H3. The van der Waals surface area contributed by atoms with Crippen LogP contribution in [0.25, 0.3) is 11.3 Å². The summed E-state index contributed by atoms with van der Waals surface area (Å²) < 4.78 is 22.3. The van der Waals surface area contributed by atoms with Crippen molar-refractivity contribution in [2.45, 2.75) is 13.3 Å². The molecule has 0 saturated carbocycles. The zero-order valence-corrected chi connectivity index (χ0v) is 14.8. The van der Waals surface area contributed by atoms with Gasteiger partial charge in [0.25, 0.3) is 0 Å². The molecule has 0 aliphatic carbocycles. The summed E-state index contributed by atoms with van der Waals surface area (Å²) in [4.78, 5) is 18.2. The fourth-order valence-electron chi connectivity index (χ4n) is 2.73. The smallest absolute Gasteiger partial charge is 0.232 e. The van der Waals surface area contributed by atoms with E-state index in [1.54, 1.807) is 16.2 Å². The Labute approximate surface area is 143 Å². The number of benzene rings is 1. The Kier molecular flexibility index (Phi) is 4.44. The summed E-state index contributed by atoms with van der Waals surface area (Å²) in [5.41, 5.74) is 2.67. The first-order valence-electron chi connectivity index (χ1n) is 7.07. The van der Waals surface area contributed by atoms with Gasteiger partial charge >= 0.3 is 0 Å². The topological polar surface area (TPSA) is 67.3 Å². The van der Waals surface area contributed by atoms with Gasteiger partial charge in [-0.05, 0) is 19.1 Å². The molecule has 1 aromatic heterocycles. The summed E-state index contributed by atoms with van der Waals surface area (Å²) in [5.74, 6) is -0.508. The molecule has 1 aliphatic heterocycles. The number of carbonyl (C=O) groups is 1. The molecule has 5 nitrogen and oxygen atoms in total. The molecule has 1 amide bonds. The first-order valence-corrected chi connectivity index (χ1v) is 10.4. The molecule has 0 N–H and O–H groups in total. The Morgan fingerprint density at radius 3 is 2.61 bits per heavy atom. The molecule has 1 unspecified atom stereocenters. The molecule has 1 aromatic carbocycles. The SMILES string of the molecule is Cc1nc(-c2ccc(N3CC(CS(=O)(=O)Cl)CC3=O)cc2)cs1. The molecular weight excluding hydrogens is 356 g/mol. The van der Waals surface area contributed by atoms with Crippen LogP contribution in [0.3, 0.4) is 0 Å². The summed E-state index contributed by atoms with van der Waals surface area (Å²) in [7, 11) is 1.69.